The molecule has 0 bridgehead atoms. The number of halogens is 3. The van der Waals surface area contributed by atoms with Crippen molar-refractivity contribution in [1.29, 1.82) is 0 Å². The minimum Gasteiger partial charge on any atom is -0.347 e. The maximum atomic E-state index is 13.0. The monoisotopic (exact) mass is 740 g/mol. The van der Waals surface area contributed by atoms with Gasteiger partial charge in [-0.1, -0.05) is 57.5 Å². The van der Waals surface area contributed by atoms with Gasteiger partial charge in [-0.2, -0.15) is 13.2 Å². The van der Waals surface area contributed by atoms with Crippen molar-refractivity contribution in [2.45, 2.75) is 84.0 Å². The van der Waals surface area contributed by atoms with Crippen molar-refractivity contribution in [3.05, 3.63) is 35.9 Å². The van der Waals surface area contributed by atoms with Gasteiger partial charge in [-0.15, -0.1) is 0 Å². The number of unbranched alkanes of at least 4 members (excludes halogenated alkanes) is 2. The third-order valence-corrected chi connectivity index (χ3v) is 8.08. The van der Waals surface area contributed by atoms with E-state index in [1.807, 2.05) is 19.2 Å². The molecule has 0 radical (unpaired) electrons. The summed E-state index contributed by atoms with van der Waals surface area (Å²) in [7, 11) is 0. The van der Waals surface area contributed by atoms with Crippen LogP contribution in [-0.4, -0.2) is 103 Å². The minimum absolute atomic E-state index is 0.0113. The maximum Gasteiger partial charge on any atom is 0.421 e. The lowest BCUT2D eigenvalue weighted by atomic mass is 9.94. The molecule has 1 aromatic carbocycles. The van der Waals surface area contributed by atoms with Crippen molar-refractivity contribution in [3.63, 3.8) is 0 Å². The molecule has 1 fully saturated rings. The second kappa shape index (κ2) is 21.5. The number of likely N-dealkylation sites (tertiary alicyclic amines) is 1. The van der Waals surface area contributed by atoms with Crippen LogP contribution in [0.3, 0.4) is 0 Å². The Kier molecular flexibility index (Phi) is 17.9. The van der Waals surface area contributed by atoms with Gasteiger partial charge < -0.3 is 31.3 Å². The van der Waals surface area contributed by atoms with Gasteiger partial charge in [0.25, 0.3) is 0 Å². The number of rotatable bonds is 22. The molecule has 52 heavy (non-hydrogen) atoms. The zero-order valence-corrected chi connectivity index (χ0v) is 29.4. The van der Waals surface area contributed by atoms with E-state index in [4.69, 9.17) is 0 Å². The largest absolute Gasteiger partial charge is 0.421 e. The summed E-state index contributed by atoms with van der Waals surface area (Å²) in [5.41, 5.74) is 0.643. The van der Waals surface area contributed by atoms with Gasteiger partial charge in [0.15, 0.2) is 5.78 Å². The van der Waals surface area contributed by atoms with Gasteiger partial charge in [-0.3, -0.25) is 43.3 Å². The lowest BCUT2D eigenvalue weighted by molar-refractivity contribution is -0.219. The number of alkyl halides is 3. The highest BCUT2D eigenvalue weighted by atomic mass is 19.4. The molecule has 0 aromatic heterocycles. The fourth-order valence-corrected chi connectivity index (χ4v) is 5.12. The van der Waals surface area contributed by atoms with E-state index in [1.54, 1.807) is 30.3 Å². The second-order valence-corrected chi connectivity index (χ2v) is 12.5. The summed E-state index contributed by atoms with van der Waals surface area (Å²) in [6.07, 6.45) is -6.19. The average molecular weight is 741 g/mol. The van der Waals surface area contributed by atoms with Crippen LogP contribution in [0.2, 0.25) is 0 Å². The van der Waals surface area contributed by atoms with Crippen LogP contribution in [0.15, 0.2) is 30.3 Å². The van der Waals surface area contributed by atoms with E-state index in [1.165, 1.54) is 11.8 Å². The molecule has 1 aliphatic rings. The fraction of sp³-hybridized carbons (Fsp3) is 0.588. The summed E-state index contributed by atoms with van der Waals surface area (Å²) in [6.45, 7) is 2.74. The standard InChI is InChI=1S/C34H47F3N6O9/c1-4-25(44)31(34(35,36)37)52-20-41-28(47)18-40-32(50)24(15-22-11-7-5-8-12-22)42-29(48)19-39-27(46)17-38-26(45)13-9-6-10-14-43-30(49)16-23(21(2)3)33(43)51/h5,7-8,11-12,21,23-24,31H,4,6,9-10,13-20H2,1-3H3,(H,38,45)(H,39,46)(H,40,50)(H,41,47)(H,42,48). The van der Waals surface area contributed by atoms with Crippen molar-refractivity contribution in [1.82, 2.24) is 31.5 Å². The number of ketones is 1. The van der Waals surface area contributed by atoms with E-state index in [0.717, 1.165) is 0 Å². The number of imide groups is 1. The average Bonchev–Trinajstić information content (AvgIpc) is 3.38. The quantitative estimate of drug-likeness (QED) is 0.0642. The summed E-state index contributed by atoms with van der Waals surface area (Å²) < 4.78 is 43.5. The first-order valence-corrected chi connectivity index (χ1v) is 17.0. The Balaban J connectivity index is 1.74. The first-order chi connectivity index (χ1) is 24.5. The zero-order valence-electron chi connectivity index (χ0n) is 29.4. The second-order valence-electron chi connectivity index (χ2n) is 12.5. The van der Waals surface area contributed by atoms with Crippen LogP contribution in [0.5, 0.6) is 0 Å². The van der Waals surface area contributed by atoms with Crippen molar-refractivity contribution in [2.75, 3.05) is 32.9 Å². The summed E-state index contributed by atoms with van der Waals surface area (Å²) in [5.74, 6) is -5.34. The van der Waals surface area contributed by atoms with Gasteiger partial charge in [-0.25, -0.2) is 0 Å². The van der Waals surface area contributed by atoms with Crippen LogP contribution in [-0.2, 0) is 49.5 Å². The lowest BCUT2D eigenvalue weighted by Crippen LogP contribution is -2.52. The van der Waals surface area contributed by atoms with Crippen LogP contribution >= 0.6 is 0 Å². The molecule has 1 aliphatic heterocycles. The topological polar surface area (TPSA) is 209 Å². The molecule has 1 heterocycles. The first kappa shape index (κ1) is 43.3. The molecule has 288 valence electrons. The van der Waals surface area contributed by atoms with Crippen molar-refractivity contribution in [3.8, 4) is 0 Å². The predicted octanol–water partition coefficient (Wildman–Crippen LogP) is 0.654. The molecule has 1 aromatic rings. The van der Waals surface area contributed by atoms with Gasteiger partial charge in [-0.05, 0) is 24.3 Å². The molecule has 3 atom stereocenters. The molecular weight excluding hydrogens is 693 g/mol. The SMILES string of the molecule is CCC(=O)C(OCNC(=O)CNC(=O)C(Cc1ccccc1)NC(=O)CNC(=O)CNC(=O)CCCCCN1C(=O)CC(C(C)C)C1=O)C(F)(F)F. The fourth-order valence-electron chi connectivity index (χ4n) is 5.12. The highest BCUT2D eigenvalue weighted by Crippen LogP contribution is 2.27. The number of carbonyl (C=O) groups excluding carboxylic acids is 8. The third kappa shape index (κ3) is 15.2. The van der Waals surface area contributed by atoms with E-state index in [2.05, 4.69) is 26.0 Å². The van der Waals surface area contributed by atoms with Gasteiger partial charge in [0.2, 0.25) is 47.5 Å². The molecule has 5 N–H and O–H groups in total. The minimum atomic E-state index is -4.97. The van der Waals surface area contributed by atoms with E-state index < -0.39 is 86.4 Å². The van der Waals surface area contributed by atoms with Crippen LogP contribution < -0.4 is 26.6 Å². The molecule has 0 saturated carbocycles. The predicted molar refractivity (Wildman–Crippen MR) is 178 cm³/mol. The van der Waals surface area contributed by atoms with Gasteiger partial charge in [0.1, 0.15) is 12.8 Å². The molecule has 3 unspecified atom stereocenters. The van der Waals surface area contributed by atoms with E-state index in [9.17, 15) is 51.5 Å². The van der Waals surface area contributed by atoms with Gasteiger partial charge in [0.05, 0.1) is 19.6 Å². The summed E-state index contributed by atoms with van der Waals surface area (Å²) in [4.78, 5) is 99.4. The maximum absolute atomic E-state index is 13.0. The molecule has 0 spiro atoms. The van der Waals surface area contributed by atoms with E-state index in [0.29, 0.717) is 31.4 Å². The zero-order chi connectivity index (χ0) is 38.8. The molecule has 7 amide bonds. The molecule has 18 heteroatoms. The Morgan fingerprint density at radius 1 is 0.846 bits per heavy atom. The molecule has 15 nitrogen and oxygen atoms in total. The summed E-state index contributed by atoms with van der Waals surface area (Å²) in [5, 5.41) is 11.5. The molecule has 0 aliphatic carbocycles. The first-order valence-electron chi connectivity index (χ1n) is 17.0. The van der Waals surface area contributed by atoms with E-state index in [-0.39, 0.29) is 42.9 Å². The van der Waals surface area contributed by atoms with Crippen LogP contribution in [0.4, 0.5) is 13.2 Å². The van der Waals surface area contributed by atoms with Crippen LogP contribution in [0.25, 0.3) is 0 Å². The normalized spacial score (nSPS) is 15.5. The molecular formula is C34H47F3N6O9. The van der Waals surface area contributed by atoms with Crippen molar-refractivity contribution in [2.24, 2.45) is 11.8 Å². The number of carbonyl (C=O) groups is 8. The number of nitrogens with one attached hydrogen (secondary N) is 5. The van der Waals surface area contributed by atoms with Crippen LogP contribution in [0.1, 0.15) is 64.9 Å². The third-order valence-electron chi connectivity index (χ3n) is 8.08. The summed E-state index contributed by atoms with van der Waals surface area (Å²) in [6, 6.07) is 7.29. The number of benzene rings is 1. The Hall–Kier alpha value is -4.87. The highest BCUT2D eigenvalue weighted by molar-refractivity contribution is 6.03. The van der Waals surface area contributed by atoms with Crippen molar-refractivity contribution < 1.29 is 56.3 Å². The Morgan fingerprint density at radius 2 is 1.46 bits per heavy atom. The number of hydrogen-bond acceptors (Lipinski definition) is 9. The molecule has 2 rings (SSSR count). The number of Topliss-reactive ketones (excluding diaryl/α,β-unsaturated/α-hetero) is 1. The Morgan fingerprint density at radius 3 is 2.08 bits per heavy atom. The van der Waals surface area contributed by atoms with Crippen LogP contribution in [0, 0.1) is 11.8 Å². The lowest BCUT2D eigenvalue weighted by Gasteiger charge is -2.20. The van der Waals surface area contributed by atoms with Gasteiger partial charge in [0, 0.05) is 38.1 Å². The van der Waals surface area contributed by atoms with E-state index >= 15 is 0 Å². The Bertz CT molecular complexity index is 1420. The number of ether oxygens (including phenoxy) is 1. The Labute approximate surface area is 299 Å². The number of amides is 7. The van der Waals surface area contributed by atoms with Crippen molar-refractivity contribution >= 4 is 47.1 Å². The number of nitrogens with zero attached hydrogens (tertiary/aromatic N) is 1. The molecule has 1 saturated heterocycles. The highest BCUT2D eigenvalue weighted by Gasteiger charge is 2.45. The smallest absolute Gasteiger partial charge is 0.347 e. The van der Waals surface area contributed by atoms with Gasteiger partial charge >= 0.3 is 6.18 Å². The summed E-state index contributed by atoms with van der Waals surface area (Å²) >= 11 is 0. The number of hydrogen-bond donors (Lipinski definition) is 5.